The molecule has 0 saturated carbocycles. The van der Waals surface area contributed by atoms with Crippen molar-refractivity contribution < 1.29 is 18.0 Å². The van der Waals surface area contributed by atoms with Gasteiger partial charge < -0.3 is 0 Å². The highest BCUT2D eigenvalue weighted by Gasteiger charge is 2.37. The minimum absolute atomic E-state index is 0.262. The van der Waals surface area contributed by atoms with Gasteiger partial charge in [-0.1, -0.05) is 39.0 Å². The van der Waals surface area contributed by atoms with Crippen molar-refractivity contribution >= 4 is 5.78 Å². The molecule has 0 aliphatic carbocycles. The van der Waals surface area contributed by atoms with Gasteiger partial charge in [0.15, 0.2) is 5.78 Å². The molecule has 88 valence electrons. The van der Waals surface area contributed by atoms with E-state index in [-0.39, 0.29) is 5.56 Å². The molecule has 1 nitrogen and oxygen atoms in total. The van der Waals surface area contributed by atoms with Crippen molar-refractivity contribution in [3.8, 4) is 0 Å². The van der Waals surface area contributed by atoms with E-state index >= 15 is 0 Å². The van der Waals surface area contributed by atoms with Crippen molar-refractivity contribution in [1.29, 1.82) is 0 Å². The van der Waals surface area contributed by atoms with E-state index in [1.165, 1.54) is 18.2 Å². The van der Waals surface area contributed by atoms with Gasteiger partial charge in [0.25, 0.3) is 0 Å². The van der Waals surface area contributed by atoms with Crippen LogP contribution in [0.1, 0.15) is 36.7 Å². The number of Topliss-reactive ketones (excluding diaryl/α,β-unsaturated/α-hetero) is 1. The van der Waals surface area contributed by atoms with Gasteiger partial charge >= 0.3 is 6.18 Å². The zero-order valence-electron chi connectivity index (χ0n) is 9.35. The molecule has 0 fully saturated rings. The van der Waals surface area contributed by atoms with Crippen LogP contribution in [0.5, 0.6) is 0 Å². The second kappa shape index (κ2) is 3.92. The number of rotatable bonds is 1. The molecular formula is C12H13F3O. The lowest BCUT2D eigenvalue weighted by Gasteiger charge is -2.19. The average molecular weight is 230 g/mol. The lowest BCUT2D eigenvalue weighted by atomic mass is 9.84. The maximum atomic E-state index is 12.6. The van der Waals surface area contributed by atoms with Crippen LogP contribution in [-0.2, 0) is 6.18 Å². The largest absolute Gasteiger partial charge is 0.417 e. The molecule has 0 aromatic heterocycles. The van der Waals surface area contributed by atoms with E-state index in [9.17, 15) is 18.0 Å². The van der Waals surface area contributed by atoms with Gasteiger partial charge in [-0.25, -0.2) is 0 Å². The number of carbonyl (C=O) groups is 1. The summed E-state index contributed by atoms with van der Waals surface area (Å²) in [6, 6.07) is 4.87. The summed E-state index contributed by atoms with van der Waals surface area (Å²) in [6.45, 7) is 4.80. The number of benzene rings is 1. The van der Waals surface area contributed by atoms with Gasteiger partial charge in [0.2, 0.25) is 0 Å². The first-order valence-corrected chi connectivity index (χ1v) is 4.85. The number of carbonyl (C=O) groups excluding carboxylic acids is 1. The lowest BCUT2D eigenvalue weighted by Crippen LogP contribution is -2.23. The number of ketones is 1. The summed E-state index contributed by atoms with van der Waals surface area (Å²) < 4.78 is 37.9. The van der Waals surface area contributed by atoms with Crippen LogP contribution in [0.3, 0.4) is 0 Å². The van der Waals surface area contributed by atoms with Crippen LogP contribution in [0.2, 0.25) is 0 Å². The molecule has 1 aromatic carbocycles. The Morgan fingerprint density at radius 2 is 1.56 bits per heavy atom. The fourth-order valence-corrected chi connectivity index (χ4v) is 1.33. The van der Waals surface area contributed by atoms with Gasteiger partial charge in [-0.15, -0.1) is 0 Å². The van der Waals surface area contributed by atoms with Crippen molar-refractivity contribution in [3.05, 3.63) is 35.4 Å². The molecule has 0 aliphatic rings. The molecule has 0 unspecified atom stereocenters. The Balaban J connectivity index is 3.31. The van der Waals surface area contributed by atoms with E-state index in [0.29, 0.717) is 0 Å². The summed E-state index contributed by atoms with van der Waals surface area (Å²) in [4.78, 5) is 11.8. The molecule has 4 heteroatoms. The summed E-state index contributed by atoms with van der Waals surface area (Å²) >= 11 is 0. The van der Waals surface area contributed by atoms with E-state index < -0.39 is 22.9 Å². The summed E-state index contributed by atoms with van der Waals surface area (Å²) in [5.74, 6) is -0.500. The standard InChI is InChI=1S/C12H13F3O/c1-11(2,3)10(16)8-6-4-5-7-9(8)12(13,14)15/h4-7H,1-3H3. The Labute approximate surface area is 92.3 Å². The fraction of sp³-hybridized carbons (Fsp3) is 0.417. The van der Waals surface area contributed by atoms with E-state index in [1.54, 1.807) is 20.8 Å². The highest BCUT2D eigenvalue weighted by atomic mass is 19.4. The fourth-order valence-electron chi connectivity index (χ4n) is 1.33. The predicted octanol–water partition coefficient (Wildman–Crippen LogP) is 3.93. The van der Waals surface area contributed by atoms with Gasteiger partial charge in [-0.2, -0.15) is 13.2 Å². The van der Waals surface area contributed by atoms with Gasteiger partial charge in [-0.05, 0) is 6.07 Å². The Hall–Kier alpha value is -1.32. The van der Waals surface area contributed by atoms with Crippen molar-refractivity contribution in [1.82, 2.24) is 0 Å². The highest BCUT2D eigenvalue weighted by Crippen LogP contribution is 2.34. The van der Waals surface area contributed by atoms with Crippen LogP contribution < -0.4 is 0 Å². The van der Waals surface area contributed by atoms with E-state index in [4.69, 9.17) is 0 Å². The Morgan fingerprint density at radius 3 is 2.00 bits per heavy atom. The molecule has 0 aliphatic heterocycles. The zero-order chi connectivity index (χ0) is 12.6. The normalized spacial score (nSPS) is 12.6. The molecule has 0 spiro atoms. The minimum atomic E-state index is -4.49. The molecule has 1 rings (SSSR count). The third-order valence-electron chi connectivity index (χ3n) is 2.16. The minimum Gasteiger partial charge on any atom is -0.294 e. The predicted molar refractivity (Wildman–Crippen MR) is 55.2 cm³/mol. The number of alkyl halides is 3. The topological polar surface area (TPSA) is 17.1 Å². The summed E-state index contributed by atoms with van der Waals surface area (Å²) in [5.41, 5.74) is -1.95. The molecule has 16 heavy (non-hydrogen) atoms. The summed E-state index contributed by atoms with van der Waals surface area (Å²) in [6.07, 6.45) is -4.49. The maximum Gasteiger partial charge on any atom is 0.417 e. The van der Waals surface area contributed by atoms with Gasteiger partial charge in [0.1, 0.15) is 0 Å². The second-order valence-electron chi connectivity index (χ2n) is 4.62. The quantitative estimate of drug-likeness (QED) is 0.668. The van der Waals surface area contributed by atoms with Crippen LogP contribution in [0.25, 0.3) is 0 Å². The molecule has 0 radical (unpaired) electrons. The Morgan fingerprint density at radius 1 is 1.06 bits per heavy atom. The van der Waals surface area contributed by atoms with E-state index in [2.05, 4.69) is 0 Å². The Kier molecular flexibility index (Phi) is 3.13. The van der Waals surface area contributed by atoms with Crippen LogP contribution >= 0.6 is 0 Å². The monoisotopic (exact) mass is 230 g/mol. The van der Waals surface area contributed by atoms with Crippen molar-refractivity contribution in [2.45, 2.75) is 26.9 Å². The third-order valence-corrected chi connectivity index (χ3v) is 2.16. The molecule has 0 amide bonds. The first-order chi connectivity index (χ1) is 7.14. The first kappa shape index (κ1) is 12.7. The first-order valence-electron chi connectivity index (χ1n) is 4.85. The van der Waals surface area contributed by atoms with Crippen LogP contribution in [0.4, 0.5) is 13.2 Å². The number of hydrogen-bond acceptors (Lipinski definition) is 1. The molecule has 0 bridgehead atoms. The van der Waals surface area contributed by atoms with Gasteiger partial charge in [-0.3, -0.25) is 4.79 Å². The summed E-state index contributed by atoms with van der Waals surface area (Å²) in [7, 11) is 0. The van der Waals surface area contributed by atoms with Crippen LogP contribution in [0.15, 0.2) is 24.3 Å². The van der Waals surface area contributed by atoms with E-state index in [0.717, 1.165) is 6.07 Å². The summed E-state index contributed by atoms with van der Waals surface area (Å²) in [5, 5.41) is 0. The maximum absolute atomic E-state index is 12.6. The van der Waals surface area contributed by atoms with Gasteiger partial charge in [0, 0.05) is 11.0 Å². The van der Waals surface area contributed by atoms with E-state index in [1.807, 2.05) is 0 Å². The molecule has 0 heterocycles. The molecule has 0 saturated heterocycles. The van der Waals surface area contributed by atoms with Crippen LogP contribution in [-0.4, -0.2) is 5.78 Å². The molecule has 0 N–H and O–H groups in total. The SMILES string of the molecule is CC(C)(C)C(=O)c1ccccc1C(F)(F)F. The Bertz CT molecular complexity index is 399. The third kappa shape index (κ3) is 2.62. The zero-order valence-corrected chi connectivity index (χ0v) is 9.35. The average Bonchev–Trinajstić information content (AvgIpc) is 2.14. The van der Waals surface area contributed by atoms with Crippen LogP contribution in [0, 0.1) is 5.41 Å². The highest BCUT2D eigenvalue weighted by molar-refractivity contribution is 6.01. The lowest BCUT2D eigenvalue weighted by molar-refractivity contribution is -0.138. The number of halogens is 3. The smallest absolute Gasteiger partial charge is 0.294 e. The molecule has 0 atom stereocenters. The van der Waals surface area contributed by atoms with Crippen molar-refractivity contribution in [2.24, 2.45) is 5.41 Å². The second-order valence-corrected chi connectivity index (χ2v) is 4.62. The van der Waals surface area contributed by atoms with Crippen molar-refractivity contribution in [3.63, 3.8) is 0 Å². The van der Waals surface area contributed by atoms with Gasteiger partial charge in [0.05, 0.1) is 5.56 Å². The molecular weight excluding hydrogens is 217 g/mol. The number of hydrogen-bond donors (Lipinski definition) is 0. The molecule has 1 aromatic rings. The van der Waals surface area contributed by atoms with Crippen molar-refractivity contribution in [2.75, 3.05) is 0 Å².